The van der Waals surface area contributed by atoms with Crippen LogP contribution in [0.1, 0.15) is 143 Å². The minimum atomic E-state index is -1.06. The van der Waals surface area contributed by atoms with Crippen molar-refractivity contribution in [2.45, 2.75) is 198 Å². The molecule has 13 heteroatoms. The first-order valence-electron chi connectivity index (χ1n) is 27.3. The van der Waals surface area contributed by atoms with E-state index in [-0.39, 0.29) is 67.1 Å². The van der Waals surface area contributed by atoms with E-state index in [0.29, 0.717) is 31.7 Å². The van der Waals surface area contributed by atoms with E-state index in [4.69, 9.17) is 14.2 Å². The van der Waals surface area contributed by atoms with Crippen molar-refractivity contribution in [3.8, 4) is 0 Å². The van der Waals surface area contributed by atoms with Gasteiger partial charge < -0.3 is 54.0 Å². The summed E-state index contributed by atoms with van der Waals surface area (Å²) >= 11 is 0. The summed E-state index contributed by atoms with van der Waals surface area (Å²) in [7, 11) is 3.68. The monoisotopic (exact) mass is 942 g/mol. The van der Waals surface area contributed by atoms with Crippen molar-refractivity contribution in [2.75, 3.05) is 86.2 Å². The molecule has 67 heavy (non-hydrogen) atoms. The number of nitrogens with zero attached hydrogens (tertiary/aromatic N) is 5. The van der Waals surface area contributed by atoms with Crippen LogP contribution >= 0.6 is 0 Å². The minimum absolute atomic E-state index is 0.0431. The Kier molecular flexibility index (Phi) is 22.6. The second-order valence-corrected chi connectivity index (χ2v) is 22.2. The molecule has 0 spiro atoms. The van der Waals surface area contributed by atoms with E-state index >= 15 is 0 Å². The van der Waals surface area contributed by atoms with Crippen molar-refractivity contribution >= 4 is 11.8 Å². The molecule has 0 amide bonds. The summed E-state index contributed by atoms with van der Waals surface area (Å²) in [5, 5.41) is 34.7. The summed E-state index contributed by atoms with van der Waals surface area (Å²) in [6, 6.07) is 0.224. The van der Waals surface area contributed by atoms with Gasteiger partial charge in [0.25, 0.3) is 0 Å². The Morgan fingerprint density at radius 1 is 0.731 bits per heavy atom. The molecule has 384 valence electrons. The highest BCUT2D eigenvalue weighted by molar-refractivity contribution is 5.92. The zero-order valence-electron chi connectivity index (χ0n) is 42.9. The number of aliphatic hydroxyl groups excluding tert-OH is 3. The Labute approximate surface area is 406 Å². The number of cyclic esters (lactones) is 1. The number of ketones is 1. The highest BCUT2D eigenvalue weighted by Gasteiger charge is 2.45. The van der Waals surface area contributed by atoms with Gasteiger partial charge in [0.2, 0.25) is 0 Å². The van der Waals surface area contributed by atoms with Gasteiger partial charge in [0.1, 0.15) is 6.10 Å². The Bertz CT molecular complexity index is 1520. The summed E-state index contributed by atoms with van der Waals surface area (Å²) in [6.45, 7) is 18.4. The molecule has 6 aliphatic heterocycles. The molecule has 8 unspecified atom stereocenters. The molecular formula is C54H95N5O8. The van der Waals surface area contributed by atoms with Crippen LogP contribution in [-0.4, -0.2) is 193 Å². The number of allylic oxidation sites excluding steroid dienone is 2. The van der Waals surface area contributed by atoms with Crippen LogP contribution < -0.4 is 0 Å². The lowest BCUT2D eigenvalue weighted by molar-refractivity contribution is -0.281. The quantitative estimate of drug-likeness (QED) is 0.150. The summed E-state index contributed by atoms with van der Waals surface area (Å²) in [5.41, 5.74) is 1.13. The molecular weight excluding hydrogens is 847 g/mol. The summed E-state index contributed by atoms with van der Waals surface area (Å²) < 4.78 is 18.7. The number of likely N-dealkylation sites (tertiary alicyclic amines) is 4. The normalized spacial score (nSPS) is 35.0. The molecule has 0 aromatic carbocycles. The molecule has 6 rings (SSSR count). The van der Waals surface area contributed by atoms with Crippen molar-refractivity contribution in [1.29, 1.82) is 0 Å². The van der Waals surface area contributed by atoms with Crippen LogP contribution in [0.15, 0.2) is 23.8 Å². The first-order valence-corrected chi connectivity index (χ1v) is 27.3. The maximum atomic E-state index is 14.9. The molecule has 5 saturated heterocycles. The molecule has 13 atom stereocenters. The second-order valence-electron chi connectivity index (χ2n) is 22.2. The topological polar surface area (TPSA) is 139 Å². The number of likely N-dealkylation sites (N-methyl/N-ethyl adjacent to an activating group) is 1. The van der Waals surface area contributed by atoms with Gasteiger partial charge in [-0.3, -0.25) is 9.59 Å². The molecule has 0 aliphatic carbocycles. The minimum Gasteiger partial charge on any atom is -0.465 e. The summed E-state index contributed by atoms with van der Waals surface area (Å²) in [4.78, 5) is 41.0. The van der Waals surface area contributed by atoms with Crippen molar-refractivity contribution in [1.82, 2.24) is 24.5 Å². The van der Waals surface area contributed by atoms with Gasteiger partial charge in [0.15, 0.2) is 12.1 Å². The number of carbonyl (C=O) groups excluding carboxylic acids is 2. The van der Waals surface area contributed by atoms with E-state index in [0.717, 1.165) is 90.2 Å². The first-order chi connectivity index (χ1) is 32.3. The Morgan fingerprint density at radius 3 is 1.90 bits per heavy atom. The van der Waals surface area contributed by atoms with Crippen LogP contribution in [0.4, 0.5) is 0 Å². The molecule has 6 aliphatic rings. The van der Waals surface area contributed by atoms with Gasteiger partial charge in [-0.05, 0) is 208 Å². The molecule has 0 saturated carbocycles. The molecule has 3 N–H and O–H groups in total. The third-order valence-corrected chi connectivity index (χ3v) is 16.8. The number of rotatable bonds is 16. The molecule has 0 radical (unpaired) electrons. The van der Waals surface area contributed by atoms with Crippen molar-refractivity contribution < 1.29 is 39.1 Å². The van der Waals surface area contributed by atoms with Crippen LogP contribution in [0.3, 0.4) is 0 Å². The zero-order valence-corrected chi connectivity index (χ0v) is 42.9. The van der Waals surface area contributed by atoms with E-state index in [1.165, 1.54) is 57.8 Å². The Hall–Kier alpha value is -1.78. The SMILES string of the molecule is CC(CC1=CC(CN2CCCC2)COC(=O)CC(O)C(CC(C)N2CCCCC2)C(CCO[C@@H]2O[C@H](C)[C@@H](O)[C@H](N(C)C)[C@H]2O)CCC(CC(C)N2CCCCC2)C(=O)C=C1)N1CCCCC1. The average molecular weight is 942 g/mol. The predicted molar refractivity (Wildman–Crippen MR) is 266 cm³/mol. The van der Waals surface area contributed by atoms with Crippen molar-refractivity contribution in [3.05, 3.63) is 23.8 Å². The van der Waals surface area contributed by atoms with Gasteiger partial charge in [-0.15, -0.1) is 0 Å². The molecule has 0 aromatic rings. The van der Waals surface area contributed by atoms with Crippen LogP contribution in [0.2, 0.25) is 0 Å². The lowest BCUT2D eigenvalue weighted by Crippen LogP contribution is -2.62. The Morgan fingerprint density at radius 2 is 1.30 bits per heavy atom. The van der Waals surface area contributed by atoms with Gasteiger partial charge in [-0.25, -0.2) is 0 Å². The van der Waals surface area contributed by atoms with E-state index in [2.05, 4.69) is 52.5 Å². The molecule has 0 aromatic heterocycles. The fraction of sp³-hybridized carbons (Fsp3) is 0.889. The van der Waals surface area contributed by atoms with Gasteiger partial charge in [0, 0.05) is 36.5 Å². The molecule has 6 heterocycles. The molecule has 0 bridgehead atoms. The predicted octanol–water partition coefficient (Wildman–Crippen LogP) is 6.28. The van der Waals surface area contributed by atoms with E-state index < -0.39 is 36.7 Å². The maximum Gasteiger partial charge on any atom is 0.308 e. The van der Waals surface area contributed by atoms with Crippen molar-refractivity contribution in [3.63, 3.8) is 0 Å². The number of aliphatic hydroxyl groups is 3. The number of piperidine rings is 3. The van der Waals surface area contributed by atoms with E-state index in [1.807, 2.05) is 25.1 Å². The highest BCUT2D eigenvalue weighted by atomic mass is 16.7. The van der Waals surface area contributed by atoms with E-state index in [1.54, 1.807) is 6.92 Å². The van der Waals surface area contributed by atoms with Gasteiger partial charge in [-0.2, -0.15) is 0 Å². The smallest absolute Gasteiger partial charge is 0.308 e. The number of ether oxygens (including phenoxy) is 3. The van der Waals surface area contributed by atoms with Crippen LogP contribution in [-0.2, 0) is 23.8 Å². The van der Waals surface area contributed by atoms with Crippen LogP contribution in [0.5, 0.6) is 0 Å². The lowest BCUT2D eigenvalue weighted by Gasteiger charge is -2.44. The van der Waals surface area contributed by atoms with Gasteiger partial charge in [-0.1, -0.05) is 31.4 Å². The number of esters is 1. The average Bonchev–Trinajstić information content (AvgIpc) is 3.84. The summed E-state index contributed by atoms with van der Waals surface area (Å²) in [6.07, 6.45) is 19.3. The van der Waals surface area contributed by atoms with Gasteiger partial charge in [0.05, 0.1) is 44.0 Å². The molecule has 5 fully saturated rings. The summed E-state index contributed by atoms with van der Waals surface area (Å²) in [5.74, 6) is -0.803. The zero-order chi connectivity index (χ0) is 47.9. The highest BCUT2D eigenvalue weighted by Crippen LogP contribution is 2.36. The third-order valence-electron chi connectivity index (χ3n) is 16.8. The number of hydrogen-bond acceptors (Lipinski definition) is 13. The second kappa shape index (κ2) is 27.7. The van der Waals surface area contributed by atoms with Gasteiger partial charge >= 0.3 is 5.97 Å². The Balaban J connectivity index is 1.32. The maximum absolute atomic E-state index is 14.9. The van der Waals surface area contributed by atoms with Crippen molar-refractivity contribution in [2.24, 2.45) is 23.7 Å². The van der Waals surface area contributed by atoms with Crippen LogP contribution in [0, 0.1) is 23.7 Å². The first kappa shape index (κ1) is 54.6. The number of hydrogen-bond donors (Lipinski definition) is 3. The molecule has 13 nitrogen and oxygen atoms in total. The lowest BCUT2D eigenvalue weighted by atomic mass is 9.75. The fourth-order valence-corrected chi connectivity index (χ4v) is 12.6. The third kappa shape index (κ3) is 16.6. The largest absolute Gasteiger partial charge is 0.465 e. The fourth-order valence-electron chi connectivity index (χ4n) is 12.6. The van der Waals surface area contributed by atoms with E-state index in [9.17, 15) is 24.9 Å². The van der Waals surface area contributed by atoms with Crippen LogP contribution in [0.25, 0.3) is 0 Å². The number of carbonyl (C=O) groups is 2. The standard InChI is InChI=1S/C54H95N5O8/c1-39(57-25-10-7-11-26-57)32-43-18-21-48(60)46(33-40(2)58-27-12-8-13-28-58)20-19-45(22-31-65-54-53(64)51(55(5)6)52(63)42(4)67-54)47(34-41(3)59-29-14-9-15-30-59)49(61)36-50(62)66-38-44(35-43)37-56-23-16-17-24-56/h18,21,35,39-42,44-47,49,51-54,61,63-64H,7-17,19-20,22-34,36-38H2,1-6H3/t39?,40?,41?,42-,44?,45?,46?,47?,49?,51+,52-,53-,54-/m1/s1.